The second-order valence-corrected chi connectivity index (χ2v) is 27.6. The molecule has 8 aromatic rings. The van der Waals surface area contributed by atoms with E-state index >= 15 is 0 Å². The van der Waals surface area contributed by atoms with Crippen molar-refractivity contribution >= 4 is 60.8 Å². The number of sulfonamides is 2. The third-order valence-electron chi connectivity index (χ3n) is 13.6. The number of methoxy groups -OCH3 is 2. The van der Waals surface area contributed by atoms with E-state index in [0.717, 1.165) is 51.5 Å². The van der Waals surface area contributed by atoms with E-state index in [1.807, 2.05) is 141 Å². The lowest BCUT2D eigenvalue weighted by Gasteiger charge is -2.32. The van der Waals surface area contributed by atoms with Gasteiger partial charge in [0, 0.05) is 46.6 Å². The molecule has 4 N–H and O–H groups in total. The molecule has 1 aliphatic rings. The van der Waals surface area contributed by atoms with Crippen molar-refractivity contribution in [3.05, 3.63) is 163 Å². The van der Waals surface area contributed by atoms with Crippen molar-refractivity contribution in [2.45, 2.75) is 128 Å². The van der Waals surface area contributed by atoms with E-state index in [9.17, 15) is 26.4 Å². The third-order valence-corrected chi connectivity index (χ3v) is 16.8. The van der Waals surface area contributed by atoms with Crippen LogP contribution in [0.1, 0.15) is 83.1 Å². The van der Waals surface area contributed by atoms with E-state index in [2.05, 4.69) is 48.4 Å². The van der Waals surface area contributed by atoms with Crippen molar-refractivity contribution in [2.75, 3.05) is 14.2 Å². The van der Waals surface area contributed by atoms with Crippen molar-refractivity contribution in [3.8, 4) is 67.9 Å². The van der Waals surface area contributed by atoms with Crippen molar-refractivity contribution in [3.63, 3.8) is 0 Å². The van der Waals surface area contributed by atoms with Crippen LogP contribution in [-0.4, -0.2) is 92.1 Å². The highest BCUT2D eigenvalue weighted by Crippen LogP contribution is 2.38. The molecule has 0 bridgehead atoms. The Morgan fingerprint density at radius 2 is 0.989 bits per heavy atom. The molecule has 0 radical (unpaired) electrons. The number of hydrogen-bond acceptors (Lipinski definition) is 14. The smallest absolute Gasteiger partial charge is 0.497 e. The molecule has 0 aliphatic carbocycles. The Morgan fingerprint density at radius 3 is 1.41 bits per heavy atom. The van der Waals surface area contributed by atoms with Gasteiger partial charge in [0.2, 0.25) is 0 Å². The molecule has 88 heavy (non-hydrogen) atoms. The summed E-state index contributed by atoms with van der Waals surface area (Å²) in [6.45, 7) is 24.3. The first kappa shape index (κ1) is 67.4. The quantitative estimate of drug-likeness (QED) is 0.0658. The predicted molar refractivity (Wildman–Crippen MR) is 345 cm³/mol. The van der Waals surface area contributed by atoms with Crippen LogP contribution in [0.3, 0.4) is 0 Å². The second-order valence-electron chi connectivity index (χ2n) is 23.4. The van der Waals surface area contributed by atoms with Gasteiger partial charge in [-0.3, -0.25) is 9.36 Å². The van der Waals surface area contributed by atoms with E-state index in [1.54, 1.807) is 103 Å². The molecule has 1 fully saturated rings. The Bertz CT molecular complexity index is 3940. The van der Waals surface area contributed by atoms with Crippen molar-refractivity contribution in [1.29, 1.82) is 0 Å². The molecule has 0 spiro atoms. The first-order valence-electron chi connectivity index (χ1n) is 28.2. The van der Waals surface area contributed by atoms with Crippen LogP contribution in [0, 0.1) is 0 Å². The minimum Gasteiger partial charge on any atom is -0.497 e. The van der Waals surface area contributed by atoms with Gasteiger partial charge in [-0.1, -0.05) is 70.5 Å². The standard InChI is InChI=1S/C29H32N4O5S.C24H25BrN2O5S.C11H19BN2O2/c1-6-33-19-23(18-30-33)22-12-15-26(27(17-22)39(35,36)32-28(34)31-29(2,3)4)38-25-9-7-8-21(16-25)20-10-13-24(37-5)14-11-20;1-24(2,3)26-23(28)27-33(29,30)22-15-18(25)10-13-21(22)32-20-7-5-6-17(14-20)16-8-11-19(31-4)12-9-16;1-6-14-8-7-9(13-14)12-15-10(2,3)11(4,5)16-12/h7-19H,6H2,1-5H3,(H2,31,32,34);5-15H,1-4H3,(H2,26,27,28);7-8H,6H2,1-5H3. The zero-order valence-corrected chi connectivity index (χ0v) is 55.1. The minimum absolute atomic E-state index is 0.0737. The number of aryl methyl sites for hydroxylation is 2. The fraction of sp³-hybridized carbons (Fsp3) is 0.312. The van der Waals surface area contributed by atoms with Crippen LogP contribution in [0.4, 0.5) is 9.59 Å². The highest BCUT2D eigenvalue weighted by Gasteiger charge is 2.52. The zero-order valence-electron chi connectivity index (χ0n) is 51.9. The lowest BCUT2D eigenvalue weighted by molar-refractivity contribution is 0.00578. The van der Waals surface area contributed by atoms with Crippen LogP contribution in [0.15, 0.2) is 172 Å². The number of carbonyl (C=O) groups excluding carboxylic acids is 2. The lowest BCUT2D eigenvalue weighted by atomic mass is 9.85. The van der Waals surface area contributed by atoms with Crippen molar-refractivity contribution in [1.82, 2.24) is 39.6 Å². The molecule has 1 saturated heterocycles. The summed E-state index contributed by atoms with van der Waals surface area (Å²) in [7, 11) is -5.65. The largest absolute Gasteiger partial charge is 0.516 e. The molecule has 0 atom stereocenters. The van der Waals surface area contributed by atoms with E-state index in [4.69, 9.17) is 28.3 Å². The van der Waals surface area contributed by atoms with Gasteiger partial charge in [0.1, 0.15) is 44.3 Å². The highest BCUT2D eigenvalue weighted by atomic mass is 79.9. The second kappa shape index (κ2) is 27.9. The topological polar surface area (TPSA) is 242 Å². The maximum absolute atomic E-state index is 13.4. The van der Waals surface area contributed by atoms with Gasteiger partial charge in [0.15, 0.2) is 0 Å². The molecule has 3 heterocycles. The number of rotatable bonds is 16. The van der Waals surface area contributed by atoms with Crippen LogP contribution in [0.25, 0.3) is 33.4 Å². The number of carbonyl (C=O) groups is 2. The van der Waals surface area contributed by atoms with Crippen molar-refractivity contribution in [2.24, 2.45) is 0 Å². The van der Waals surface area contributed by atoms with Crippen LogP contribution in [0.5, 0.6) is 34.5 Å². The highest BCUT2D eigenvalue weighted by molar-refractivity contribution is 9.10. The van der Waals surface area contributed by atoms with Gasteiger partial charge in [-0.2, -0.15) is 10.2 Å². The number of benzene rings is 6. The van der Waals surface area contributed by atoms with E-state index in [0.29, 0.717) is 28.1 Å². The number of aromatic nitrogens is 4. The maximum Gasteiger partial charge on any atom is 0.516 e. The Morgan fingerprint density at radius 1 is 0.557 bits per heavy atom. The number of nitrogens with zero attached hydrogens (tertiary/aromatic N) is 4. The van der Waals surface area contributed by atoms with E-state index in [1.165, 1.54) is 18.2 Å². The van der Waals surface area contributed by atoms with Gasteiger partial charge in [-0.05, 0) is 196 Å². The van der Waals surface area contributed by atoms with Crippen molar-refractivity contribution < 1.29 is 54.7 Å². The summed E-state index contributed by atoms with van der Waals surface area (Å²) in [5, 5.41) is 13.9. The fourth-order valence-corrected chi connectivity index (χ4v) is 11.1. The molecule has 4 amide bonds. The Balaban J connectivity index is 0.000000203. The number of ether oxygens (including phenoxy) is 4. The first-order valence-corrected chi connectivity index (χ1v) is 32.0. The first-order chi connectivity index (χ1) is 41.3. The van der Waals surface area contributed by atoms with Gasteiger partial charge < -0.3 is 38.9 Å². The van der Waals surface area contributed by atoms with Crippen LogP contribution in [0.2, 0.25) is 0 Å². The van der Waals surface area contributed by atoms with Crippen LogP contribution in [-0.2, 0) is 42.4 Å². The SMILES string of the molecule is CCn1cc(-c2ccc(Oc3cccc(-c4ccc(OC)cc4)c3)c(S(=O)(=O)NC(=O)NC(C)(C)C)c2)cn1.CCn1ccc(B2OC(C)(C)C(C)(C)O2)n1.COc1ccc(-c2cccc(Oc3ccc(Br)cc3S(=O)(=O)NC(=O)NC(C)(C)C)c2)cc1. The van der Waals surface area contributed by atoms with Gasteiger partial charge in [0.05, 0.1) is 37.2 Å². The van der Waals surface area contributed by atoms with Gasteiger partial charge in [-0.25, -0.2) is 35.9 Å². The number of urea groups is 2. The molecule has 1 aliphatic heterocycles. The van der Waals surface area contributed by atoms with Crippen LogP contribution >= 0.6 is 15.9 Å². The number of hydrogen-bond donors (Lipinski definition) is 4. The molecule has 9 rings (SSSR count). The van der Waals surface area contributed by atoms with Gasteiger partial charge in [-0.15, -0.1) is 0 Å². The summed E-state index contributed by atoms with van der Waals surface area (Å²) in [5.41, 5.74) is 4.04. The number of halogens is 1. The van der Waals surface area contributed by atoms with E-state index in [-0.39, 0.29) is 39.6 Å². The molecule has 24 heteroatoms. The molecular formula is C64H76BBrN8O12S2. The average Bonchev–Trinajstić information content (AvgIpc) is 3.33. The average molecular weight is 1300 g/mol. The summed E-state index contributed by atoms with van der Waals surface area (Å²) in [4.78, 5) is 24.3. The summed E-state index contributed by atoms with van der Waals surface area (Å²) in [6, 6.07) is 39.4. The van der Waals surface area contributed by atoms with Gasteiger partial charge >= 0.3 is 19.2 Å². The van der Waals surface area contributed by atoms with Gasteiger partial charge in [0.25, 0.3) is 20.0 Å². The molecule has 466 valence electrons. The molecule has 20 nitrogen and oxygen atoms in total. The molecule has 0 saturated carbocycles. The number of amides is 4. The maximum atomic E-state index is 13.4. The Labute approximate surface area is 525 Å². The molecular weight excluding hydrogens is 1230 g/mol. The summed E-state index contributed by atoms with van der Waals surface area (Å²) in [5.74, 6) is 2.53. The normalized spacial score (nSPS) is 13.6. The number of nitrogens with one attached hydrogen (secondary N) is 4. The summed E-state index contributed by atoms with van der Waals surface area (Å²) < 4.78 is 95.4. The van der Waals surface area contributed by atoms with Crippen LogP contribution < -0.4 is 44.6 Å². The Hall–Kier alpha value is -8.16. The predicted octanol–water partition coefficient (Wildman–Crippen LogP) is 12.7. The minimum atomic E-state index is -4.31. The molecule has 6 aromatic carbocycles. The molecule has 2 aromatic heterocycles. The Kier molecular flexibility index (Phi) is 21.4. The molecule has 0 unspecified atom stereocenters. The lowest BCUT2D eigenvalue weighted by Crippen LogP contribution is -2.48. The summed E-state index contributed by atoms with van der Waals surface area (Å²) >= 11 is 3.28. The third kappa shape index (κ3) is 18.2. The fourth-order valence-electron chi connectivity index (χ4n) is 8.47. The van der Waals surface area contributed by atoms with E-state index < -0.39 is 43.2 Å². The summed E-state index contributed by atoms with van der Waals surface area (Å²) in [6.07, 6.45) is 5.43. The zero-order chi connectivity index (χ0) is 64.4. The monoisotopic (exact) mass is 1300 g/mol.